The summed E-state index contributed by atoms with van der Waals surface area (Å²) in [6.45, 7) is -0.884. The molecular formula is C9H16N4O6. The van der Waals surface area contributed by atoms with Gasteiger partial charge in [0, 0.05) is 0 Å². The van der Waals surface area contributed by atoms with Crippen molar-refractivity contribution in [2.45, 2.75) is 19.0 Å². The summed E-state index contributed by atoms with van der Waals surface area (Å²) in [4.78, 5) is 36.6. The minimum Gasteiger partial charge on any atom is -0.376 e. The van der Waals surface area contributed by atoms with Crippen LogP contribution >= 0.6 is 0 Å². The molecule has 0 aromatic carbocycles. The number of carbonyl (C=O) groups excluding carboxylic acids is 3. The molecule has 1 aliphatic heterocycles. The SMILES string of the molecule is CCC1(N(CO)C(=O)NCO)C(=O)NC(=O)N1CO. The Bertz CT molecular complexity index is 389. The average molecular weight is 276 g/mol. The van der Waals surface area contributed by atoms with Gasteiger partial charge in [-0.2, -0.15) is 0 Å². The van der Waals surface area contributed by atoms with Crippen molar-refractivity contribution in [2.75, 3.05) is 20.2 Å². The first kappa shape index (κ1) is 15.1. The second kappa shape index (κ2) is 5.82. The highest BCUT2D eigenvalue weighted by atomic mass is 16.3. The highest BCUT2D eigenvalue weighted by Crippen LogP contribution is 2.29. The summed E-state index contributed by atoms with van der Waals surface area (Å²) >= 11 is 0. The van der Waals surface area contributed by atoms with E-state index in [-0.39, 0.29) is 6.42 Å². The van der Waals surface area contributed by atoms with Crippen LogP contribution in [0.3, 0.4) is 0 Å². The lowest BCUT2D eigenvalue weighted by Gasteiger charge is -2.41. The molecule has 0 radical (unpaired) electrons. The predicted octanol–water partition coefficient (Wildman–Crippen LogP) is -2.49. The fraction of sp³-hybridized carbons (Fsp3) is 0.667. The number of aliphatic hydroxyl groups excluding tert-OH is 3. The highest BCUT2D eigenvalue weighted by Gasteiger charge is 2.57. The van der Waals surface area contributed by atoms with E-state index in [0.29, 0.717) is 4.90 Å². The van der Waals surface area contributed by atoms with Gasteiger partial charge in [-0.1, -0.05) is 6.92 Å². The van der Waals surface area contributed by atoms with E-state index in [1.807, 2.05) is 10.6 Å². The summed E-state index contributed by atoms with van der Waals surface area (Å²) in [5, 5.41) is 31.1. The molecule has 0 spiro atoms. The zero-order valence-corrected chi connectivity index (χ0v) is 10.3. The van der Waals surface area contributed by atoms with E-state index in [1.165, 1.54) is 6.92 Å². The lowest BCUT2D eigenvalue weighted by Crippen LogP contribution is -2.65. The van der Waals surface area contributed by atoms with Gasteiger partial charge in [0.15, 0.2) is 0 Å². The third-order valence-electron chi connectivity index (χ3n) is 2.97. The molecule has 5 amide bonds. The first-order valence-corrected chi connectivity index (χ1v) is 5.50. The molecule has 0 aromatic rings. The number of imide groups is 1. The van der Waals surface area contributed by atoms with Gasteiger partial charge in [0.1, 0.15) is 20.2 Å². The minimum absolute atomic E-state index is 0.0510. The Hall–Kier alpha value is -1.91. The van der Waals surface area contributed by atoms with Crippen LogP contribution in [0.5, 0.6) is 0 Å². The molecule has 10 heteroatoms. The Balaban J connectivity index is 3.22. The molecular weight excluding hydrogens is 260 g/mol. The number of nitrogens with zero attached hydrogens (tertiary/aromatic N) is 2. The summed E-state index contributed by atoms with van der Waals surface area (Å²) in [5.74, 6) is -0.837. The van der Waals surface area contributed by atoms with Gasteiger partial charge in [0.05, 0.1) is 0 Å². The van der Waals surface area contributed by atoms with E-state index in [1.54, 1.807) is 0 Å². The molecule has 0 bridgehead atoms. The summed E-state index contributed by atoms with van der Waals surface area (Å²) in [7, 11) is 0. The van der Waals surface area contributed by atoms with Crippen molar-refractivity contribution in [3.05, 3.63) is 0 Å². The van der Waals surface area contributed by atoms with Crippen LogP contribution in [0.2, 0.25) is 0 Å². The number of rotatable bonds is 5. The quantitative estimate of drug-likeness (QED) is 0.277. The predicted molar refractivity (Wildman–Crippen MR) is 60.0 cm³/mol. The van der Waals surface area contributed by atoms with Gasteiger partial charge in [-0.25, -0.2) is 9.59 Å². The number of amides is 5. The van der Waals surface area contributed by atoms with Crippen molar-refractivity contribution in [1.82, 2.24) is 20.4 Å². The fourth-order valence-electron chi connectivity index (χ4n) is 2.06. The van der Waals surface area contributed by atoms with Crippen LogP contribution in [0, 0.1) is 0 Å². The Morgan fingerprint density at radius 2 is 2.05 bits per heavy atom. The van der Waals surface area contributed by atoms with Gasteiger partial charge < -0.3 is 20.6 Å². The number of carbonyl (C=O) groups is 3. The Morgan fingerprint density at radius 3 is 2.47 bits per heavy atom. The van der Waals surface area contributed by atoms with Crippen molar-refractivity contribution in [1.29, 1.82) is 0 Å². The molecule has 1 saturated heterocycles. The van der Waals surface area contributed by atoms with Crippen LogP contribution in [-0.2, 0) is 4.79 Å². The number of hydrogen-bond donors (Lipinski definition) is 5. The van der Waals surface area contributed by atoms with E-state index < -0.39 is 43.8 Å². The zero-order chi connectivity index (χ0) is 14.6. The molecule has 108 valence electrons. The normalized spacial score (nSPS) is 22.4. The molecule has 1 aliphatic rings. The van der Waals surface area contributed by atoms with Crippen LogP contribution in [0.25, 0.3) is 0 Å². The monoisotopic (exact) mass is 276 g/mol. The number of nitrogens with one attached hydrogen (secondary N) is 2. The van der Waals surface area contributed by atoms with Crippen LogP contribution in [0.1, 0.15) is 13.3 Å². The first-order chi connectivity index (χ1) is 8.99. The molecule has 1 heterocycles. The summed E-state index contributed by atoms with van der Waals surface area (Å²) in [6, 6.07) is -1.82. The van der Waals surface area contributed by atoms with E-state index in [0.717, 1.165) is 4.90 Å². The molecule has 5 N–H and O–H groups in total. The second-order valence-electron chi connectivity index (χ2n) is 3.71. The Labute approximate surface area is 108 Å². The van der Waals surface area contributed by atoms with Crippen molar-refractivity contribution >= 4 is 18.0 Å². The zero-order valence-electron chi connectivity index (χ0n) is 10.3. The van der Waals surface area contributed by atoms with Crippen molar-refractivity contribution in [3.8, 4) is 0 Å². The van der Waals surface area contributed by atoms with Gasteiger partial charge in [-0.15, -0.1) is 0 Å². The summed E-state index contributed by atoms with van der Waals surface area (Å²) in [5.41, 5.74) is -1.83. The fourth-order valence-corrected chi connectivity index (χ4v) is 2.06. The van der Waals surface area contributed by atoms with Gasteiger partial charge in [-0.05, 0) is 6.42 Å². The van der Waals surface area contributed by atoms with Crippen LogP contribution in [-0.4, -0.2) is 68.9 Å². The molecule has 1 unspecified atom stereocenters. The maximum atomic E-state index is 11.9. The molecule has 0 aromatic heterocycles. The summed E-state index contributed by atoms with van der Waals surface area (Å²) in [6.07, 6.45) is -0.0510. The highest BCUT2D eigenvalue weighted by molar-refractivity contribution is 6.08. The third kappa shape index (κ3) is 2.20. The standard InChI is InChI=1S/C9H16N4O6/c1-2-9(12(4-15)7(18)10-3-14)6(17)11-8(19)13(9)5-16/h14-16H,2-5H2,1H3,(H,10,18)(H,11,17,19). The lowest BCUT2D eigenvalue weighted by molar-refractivity contribution is -0.141. The van der Waals surface area contributed by atoms with Crippen LogP contribution in [0.15, 0.2) is 0 Å². The van der Waals surface area contributed by atoms with Crippen molar-refractivity contribution in [2.24, 2.45) is 0 Å². The molecule has 1 atom stereocenters. The minimum atomic E-state index is -1.83. The van der Waals surface area contributed by atoms with E-state index >= 15 is 0 Å². The van der Waals surface area contributed by atoms with Gasteiger partial charge in [-0.3, -0.25) is 19.9 Å². The Morgan fingerprint density at radius 1 is 1.42 bits per heavy atom. The maximum Gasteiger partial charge on any atom is 0.328 e. The lowest BCUT2D eigenvalue weighted by atomic mass is 10.0. The van der Waals surface area contributed by atoms with E-state index in [2.05, 4.69) is 0 Å². The van der Waals surface area contributed by atoms with Gasteiger partial charge in [0.25, 0.3) is 5.91 Å². The largest absolute Gasteiger partial charge is 0.376 e. The molecule has 1 rings (SSSR count). The number of aliphatic hydroxyl groups is 3. The average Bonchev–Trinajstić information content (AvgIpc) is 2.62. The van der Waals surface area contributed by atoms with E-state index in [4.69, 9.17) is 5.11 Å². The van der Waals surface area contributed by atoms with E-state index in [9.17, 15) is 24.6 Å². The first-order valence-electron chi connectivity index (χ1n) is 5.50. The van der Waals surface area contributed by atoms with Gasteiger partial charge >= 0.3 is 12.1 Å². The molecule has 19 heavy (non-hydrogen) atoms. The van der Waals surface area contributed by atoms with Crippen LogP contribution < -0.4 is 10.6 Å². The molecule has 1 fully saturated rings. The maximum absolute atomic E-state index is 11.9. The van der Waals surface area contributed by atoms with Crippen molar-refractivity contribution < 1.29 is 29.7 Å². The third-order valence-corrected chi connectivity index (χ3v) is 2.97. The number of hydrogen-bond acceptors (Lipinski definition) is 6. The Kier molecular flexibility index (Phi) is 4.64. The van der Waals surface area contributed by atoms with Crippen LogP contribution in [0.4, 0.5) is 9.59 Å². The number of urea groups is 2. The molecule has 10 nitrogen and oxygen atoms in total. The topological polar surface area (TPSA) is 142 Å². The van der Waals surface area contributed by atoms with Crippen molar-refractivity contribution in [3.63, 3.8) is 0 Å². The second-order valence-corrected chi connectivity index (χ2v) is 3.71. The van der Waals surface area contributed by atoms with Gasteiger partial charge in [0.2, 0.25) is 5.66 Å². The smallest absolute Gasteiger partial charge is 0.328 e. The molecule has 0 aliphatic carbocycles. The summed E-state index contributed by atoms with van der Waals surface area (Å²) < 4.78 is 0. The molecule has 0 saturated carbocycles.